The van der Waals surface area contributed by atoms with Crippen LogP contribution in [0.4, 0.5) is 5.13 Å². The molecule has 1 heterocycles. The van der Waals surface area contributed by atoms with E-state index in [1.807, 2.05) is 0 Å². The van der Waals surface area contributed by atoms with E-state index >= 15 is 0 Å². The van der Waals surface area contributed by atoms with Crippen LogP contribution in [0.1, 0.15) is 33.4 Å². The monoisotopic (exact) mass is 241 g/mol. The van der Waals surface area contributed by atoms with Crippen molar-refractivity contribution in [3.05, 3.63) is 11.1 Å². The van der Waals surface area contributed by atoms with Gasteiger partial charge >= 0.3 is 0 Å². The first-order valence-electron chi connectivity index (χ1n) is 5.93. The second-order valence-electron chi connectivity index (χ2n) is 4.91. The van der Waals surface area contributed by atoms with Gasteiger partial charge in [0, 0.05) is 30.9 Å². The zero-order valence-corrected chi connectivity index (χ0v) is 11.5. The van der Waals surface area contributed by atoms with E-state index in [0.717, 1.165) is 25.2 Å². The molecular formula is C12H23N3S. The molecule has 0 saturated heterocycles. The van der Waals surface area contributed by atoms with E-state index in [9.17, 15) is 0 Å². The third-order valence-corrected chi connectivity index (χ3v) is 3.28. The summed E-state index contributed by atoms with van der Waals surface area (Å²) >= 11 is 1.53. The van der Waals surface area contributed by atoms with Crippen molar-refractivity contribution >= 4 is 16.5 Å². The summed E-state index contributed by atoms with van der Waals surface area (Å²) in [5, 5.41) is 2.73. The summed E-state index contributed by atoms with van der Waals surface area (Å²) in [6.45, 7) is 11.2. The lowest BCUT2D eigenvalue weighted by Gasteiger charge is -2.27. The Morgan fingerprint density at radius 3 is 2.50 bits per heavy atom. The smallest absolute Gasteiger partial charge is 0.180 e. The molecule has 0 radical (unpaired) electrons. The Bertz CT molecular complexity index is 307. The number of nitrogens with two attached hydrogens (primary N) is 1. The summed E-state index contributed by atoms with van der Waals surface area (Å²) in [6, 6.07) is 0.596. The van der Waals surface area contributed by atoms with Crippen LogP contribution in [0.5, 0.6) is 0 Å². The normalized spacial score (nSPS) is 11.9. The van der Waals surface area contributed by atoms with Gasteiger partial charge in [-0.1, -0.05) is 13.8 Å². The zero-order valence-electron chi connectivity index (χ0n) is 10.7. The molecule has 3 nitrogen and oxygen atoms in total. The highest BCUT2D eigenvalue weighted by atomic mass is 32.1. The molecule has 0 aliphatic rings. The number of rotatable bonds is 6. The summed E-state index contributed by atoms with van der Waals surface area (Å²) in [5.41, 5.74) is 6.74. The van der Waals surface area contributed by atoms with Gasteiger partial charge in [0.2, 0.25) is 0 Å². The lowest BCUT2D eigenvalue weighted by Crippen LogP contribution is -2.35. The molecule has 0 bridgehead atoms. The molecule has 4 heteroatoms. The molecule has 1 rings (SSSR count). The molecule has 2 N–H and O–H groups in total. The number of nitrogens with zero attached hydrogens (tertiary/aromatic N) is 2. The first-order valence-corrected chi connectivity index (χ1v) is 6.81. The van der Waals surface area contributed by atoms with E-state index in [2.05, 4.69) is 43.0 Å². The average molecular weight is 241 g/mol. The second kappa shape index (κ2) is 6.21. The van der Waals surface area contributed by atoms with Crippen molar-refractivity contribution in [3.63, 3.8) is 0 Å². The SMILES string of the molecule is CC(C)CN(CCc1csc(N)n1)C(C)C. The highest BCUT2D eigenvalue weighted by molar-refractivity contribution is 7.13. The van der Waals surface area contributed by atoms with Gasteiger partial charge in [0.25, 0.3) is 0 Å². The van der Waals surface area contributed by atoms with E-state index in [1.54, 1.807) is 0 Å². The fraction of sp³-hybridized carbons (Fsp3) is 0.750. The van der Waals surface area contributed by atoms with Gasteiger partial charge in [-0.2, -0.15) is 0 Å². The molecular weight excluding hydrogens is 218 g/mol. The number of hydrogen-bond acceptors (Lipinski definition) is 4. The Morgan fingerprint density at radius 2 is 2.06 bits per heavy atom. The van der Waals surface area contributed by atoms with Gasteiger partial charge in [0.1, 0.15) is 0 Å². The number of nitrogen functional groups attached to an aromatic ring is 1. The zero-order chi connectivity index (χ0) is 12.1. The number of hydrogen-bond donors (Lipinski definition) is 1. The van der Waals surface area contributed by atoms with Crippen LogP contribution < -0.4 is 5.73 Å². The third-order valence-electron chi connectivity index (χ3n) is 2.55. The quantitative estimate of drug-likeness (QED) is 0.832. The van der Waals surface area contributed by atoms with Crippen molar-refractivity contribution in [2.24, 2.45) is 5.92 Å². The van der Waals surface area contributed by atoms with Crippen molar-refractivity contribution in [2.75, 3.05) is 18.8 Å². The van der Waals surface area contributed by atoms with Crippen LogP contribution in [0.3, 0.4) is 0 Å². The average Bonchev–Trinajstić information content (AvgIpc) is 2.58. The summed E-state index contributed by atoms with van der Waals surface area (Å²) in [4.78, 5) is 6.79. The Labute approximate surface area is 103 Å². The first-order chi connectivity index (χ1) is 7.49. The van der Waals surface area contributed by atoms with Crippen molar-refractivity contribution in [1.29, 1.82) is 0 Å². The number of aromatic nitrogens is 1. The molecule has 0 aromatic carbocycles. The molecule has 0 fully saturated rings. The molecule has 0 aliphatic heterocycles. The Kier molecular flexibility index (Phi) is 5.22. The topological polar surface area (TPSA) is 42.1 Å². The second-order valence-corrected chi connectivity index (χ2v) is 5.80. The van der Waals surface area contributed by atoms with Gasteiger partial charge in [-0.15, -0.1) is 11.3 Å². The van der Waals surface area contributed by atoms with Crippen LogP contribution in [0.25, 0.3) is 0 Å². The lowest BCUT2D eigenvalue weighted by molar-refractivity contribution is 0.199. The highest BCUT2D eigenvalue weighted by Gasteiger charge is 2.11. The van der Waals surface area contributed by atoms with Crippen molar-refractivity contribution < 1.29 is 0 Å². The molecule has 0 saturated carbocycles. The maximum absolute atomic E-state index is 5.62. The molecule has 92 valence electrons. The van der Waals surface area contributed by atoms with E-state index in [1.165, 1.54) is 11.3 Å². The highest BCUT2D eigenvalue weighted by Crippen LogP contribution is 2.13. The van der Waals surface area contributed by atoms with E-state index in [0.29, 0.717) is 17.1 Å². The maximum Gasteiger partial charge on any atom is 0.180 e. The molecule has 0 aliphatic carbocycles. The van der Waals surface area contributed by atoms with Crippen LogP contribution in [-0.4, -0.2) is 29.0 Å². The van der Waals surface area contributed by atoms with Crippen LogP contribution in [-0.2, 0) is 6.42 Å². The van der Waals surface area contributed by atoms with Gasteiger partial charge in [0.05, 0.1) is 5.69 Å². The number of thiazole rings is 1. The molecule has 0 unspecified atom stereocenters. The standard InChI is InChI=1S/C12H23N3S/c1-9(2)7-15(10(3)4)6-5-11-8-16-12(13)14-11/h8-10H,5-7H2,1-4H3,(H2,13,14). The lowest BCUT2D eigenvalue weighted by atomic mass is 10.1. The largest absolute Gasteiger partial charge is 0.375 e. The minimum absolute atomic E-state index is 0.596. The van der Waals surface area contributed by atoms with Gasteiger partial charge in [-0.25, -0.2) is 4.98 Å². The Morgan fingerprint density at radius 1 is 1.38 bits per heavy atom. The molecule has 0 atom stereocenters. The summed E-state index contributed by atoms with van der Waals surface area (Å²) in [7, 11) is 0. The van der Waals surface area contributed by atoms with Gasteiger partial charge in [-0.05, 0) is 19.8 Å². The number of anilines is 1. The Hall–Kier alpha value is -0.610. The minimum Gasteiger partial charge on any atom is -0.375 e. The van der Waals surface area contributed by atoms with Crippen molar-refractivity contribution in [1.82, 2.24) is 9.88 Å². The van der Waals surface area contributed by atoms with E-state index in [4.69, 9.17) is 5.73 Å². The first kappa shape index (κ1) is 13.5. The summed E-state index contributed by atoms with van der Waals surface area (Å²) in [5.74, 6) is 0.711. The molecule has 16 heavy (non-hydrogen) atoms. The van der Waals surface area contributed by atoms with E-state index in [-0.39, 0.29) is 0 Å². The van der Waals surface area contributed by atoms with Gasteiger partial charge in [0.15, 0.2) is 5.13 Å². The van der Waals surface area contributed by atoms with Crippen LogP contribution >= 0.6 is 11.3 Å². The van der Waals surface area contributed by atoms with Crippen LogP contribution in [0.15, 0.2) is 5.38 Å². The summed E-state index contributed by atoms with van der Waals surface area (Å²) < 4.78 is 0. The van der Waals surface area contributed by atoms with Gasteiger partial charge in [-0.3, -0.25) is 0 Å². The van der Waals surface area contributed by atoms with Crippen LogP contribution in [0.2, 0.25) is 0 Å². The van der Waals surface area contributed by atoms with Gasteiger partial charge < -0.3 is 10.6 Å². The molecule has 0 spiro atoms. The molecule has 1 aromatic rings. The maximum atomic E-state index is 5.62. The molecule has 1 aromatic heterocycles. The molecule has 0 amide bonds. The predicted molar refractivity (Wildman–Crippen MR) is 71.8 cm³/mol. The van der Waals surface area contributed by atoms with Crippen LogP contribution in [0, 0.1) is 5.92 Å². The minimum atomic E-state index is 0.596. The summed E-state index contributed by atoms with van der Waals surface area (Å²) in [6.07, 6.45) is 0.999. The third kappa shape index (κ3) is 4.49. The fourth-order valence-electron chi connectivity index (χ4n) is 1.72. The predicted octanol–water partition coefficient (Wildman–Crippen LogP) is 2.63. The fourth-order valence-corrected chi connectivity index (χ4v) is 2.32. The van der Waals surface area contributed by atoms with Crippen molar-refractivity contribution in [3.8, 4) is 0 Å². The Balaban J connectivity index is 2.43. The van der Waals surface area contributed by atoms with E-state index < -0.39 is 0 Å². The van der Waals surface area contributed by atoms with Crippen molar-refractivity contribution in [2.45, 2.75) is 40.2 Å².